The molecule has 2 heterocycles. The van der Waals surface area contributed by atoms with Crippen molar-refractivity contribution in [2.75, 3.05) is 39.5 Å². The molecule has 12 rings (SSSR count). The van der Waals surface area contributed by atoms with E-state index in [0.717, 1.165) is 86.9 Å². The summed E-state index contributed by atoms with van der Waals surface area (Å²) in [6.07, 6.45) is 14.8. The smallest absolute Gasteiger partial charge is 0.462 e. The molecule has 8 atom stereocenters. The fourth-order valence-electron chi connectivity index (χ4n) is 15.0. The highest BCUT2D eigenvalue weighted by molar-refractivity contribution is 9.10. The normalized spacial score (nSPS) is 23.9. The van der Waals surface area contributed by atoms with E-state index >= 15 is 0 Å². The first-order valence-corrected chi connectivity index (χ1v) is 41.1. The highest BCUT2D eigenvalue weighted by Gasteiger charge is 2.62. The molecule has 0 bridgehead atoms. The molecule has 2 aliphatic heterocycles. The number of amides is 4. The Labute approximate surface area is 633 Å². The minimum absolute atomic E-state index is 0.0275. The van der Waals surface area contributed by atoms with Crippen LogP contribution in [0.15, 0.2) is 149 Å². The number of nitrogens with zero attached hydrogens (tertiary/aromatic N) is 4. The summed E-state index contributed by atoms with van der Waals surface area (Å²) in [7, 11) is -9.61. The number of benzene rings is 4. The van der Waals surface area contributed by atoms with E-state index in [2.05, 4.69) is 39.7 Å². The van der Waals surface area contributed by atoms with Gasteiger partial charge >= 0.3 is 19.1 Å². The van der Waals surface area contributed by atoms with Gasteiger partial charge in [-0.2, -0.15) is 8.61 Å². The number of hydrogen-bond acceptors (Lipinski definition) is 16. The Kier molecular flexibility index (Phi) is 26.2. The van der Waals surface area contributed by atoms with Crippen molar-refractivity contribution in [3.63, 3.8) is 0 Å². The van der Waals surface area contributed by atoms with Crippen molar-refractivity contribution in [3.8, 4) is 11.1 Å². The van der Waals surface area contributed by atoms with Crippen LogP contribution in [0.2, 0.25) is 0 Å². The van der Waals surface area contributed by atoms with E-state index in [1.165, 1.54) is 32.3 Å². The molecule has 0 spiro atoms. The van der Waals surface area contributed by atoms with Gasteiger partial charge in [0.15, 0.2) is 11.6 Å². The number of hydrogen-bond donors (Lipinski definition) is 4. The van der Waals surface area contributed by atoms with Crippen LogP contribution < -0.4 is 16.1 Å². The summed E-state index contributed by atoms with van der Waals surface area (Å²) >= 11 is 3.33. The number of nitrogens with one attached hydrogen (secondary N) is 2. The Balaban J connectivity index is 0.000000203. The van der Waals surface area contributed by atoms with Crippen molar-refractivity contribution in [3.05, 3.63) is 139 Å². The highest BCUT2D eigenvalue weighted by Crippen LogP contribution is 2.58. The molecule has 8 aliphatic rings. The van der Waals surface area contributed by atoms with E-state index in [4.69, 9.17) is 19.5 Å². The topological polar surface area (TPSA) is 301 Å². The molecule has 0 radical (unpaired) electrons. The number of sulfonamides is 2. The summed E-state index contributed by atoms with van der Waals surface area (Å²) < 4.78 is 70.5. The summed E-state index contributed by atoms with van der Waals surface area (Å²) in [5.74, 6) is -4.27. The molecule has 4 N–H and O–H groups in total. The predicted octanol–water partition coefficient (Wildman–Crippen LogP) is 9.92. The second-order valence-electron chi connectivity index (χ2n) is 32.4. The fraction of sp³-hybridized carbons (Fsp3) is 0.550. The molecule has 6 aliphatic carbocycles. The quantitative estimate of drug-likeness (QED) is 0.0233. The number of carbonyl (C=O) groups is 8. The largest absolute Gasteiger partial charge is 0.488 e. The number of esters is 2. The molecule has 4 amide bonds. The van der Waals surface area contributed by atoms with E-state index in [-0.39, 0.29) is 109 Å². The summed E-state index contributed by atoms with van der Waals surface area (Å²) in [6, 6.07) is 28.7. The van der Waals surface area contributed by atoms with Gasteiger partial charge in [-0.15, -0.1) is 13.2 Å². The molecule has 0 aromatic heterocycles. The molecule has 2 saturated heterocycles. The van der Waals surface area contributed by atoms with Crippen LogP contribution in [0.3, 0.4) is 0 Å². The number of halogens is 1. The van der Waals surface area contributed by atoms with Crippen LogP contribution in [-0.4, -0.2) is 163 Å². The van der Waals surface area contributed by atoms with Gasteiger partial charge in [-0.1, -0.05) is 148 Å². The minimum Gasteiger partial charge on any atom is -0.462 e. The number of carbonyl (C=O) groups excluding carboxylic acids is 8. The van der Waals surface area contributed by atoms with Crippen molar-refractivity contribution in [2.24, 2.45) is 57.2 Å². The Morgan fingerprint density at radius 2 is 0.943 bits per heavy atom. The molecule has 572 valence electrons. The van der Waals surface area contributed by atoms with E-state index in [1.807, 2.05) is 84.0 Å². The lowest BCUT2D eigenvalue weighted by Crippen LogP contribution is -2.49. The van der Waals surface area contributed by atoms with Gasteiger partial charge in [-0.25, -0.2) is 16.8 Å². The maximum absolute atomic E-state index is 14.6. The van der Waals surface area contributed by atoms with Gasteiger partial charge in [0.05, 0.1) is 58.6 Å². The lowest BCUT2D eigenvalue weighted by atomic mass is 9.77. The predicted molar refractivity (Wildman–Crippen MR) is 405 cm³/mol. The number of Topliss-reactive ketones (excluding diaryl/α,β-unsaturated/α-hetero) is 2. The Morgan fingerprint density at radius 1 is 0.557 bits per heavy atom. The number of ketones is 2. The third-order valence-electron chi connectivity index (χ3n) is 22.4. The van der Waals surface area contributed by atoms with E-state index in [1.54, 1.807) is 60.7 Å². The lowest BCUT2D eigenvalue weighted by Gasteiger charge is -2.34. The third-order valence-corrected chi connectivity index (χ3v) is 26.5. The summed E-state index contributed by atoms with van der Waals surface area (Å²) in [5, 5.41) is 23.2. The lowest BCUT2D eigenvalue weighted by molar-refractivity contribution is -0.156. The van der Waals surface area contributed by atoms with Crippen LogP contribution in [0.1, 0.15) is 157 Å². The maximum atomic E-state index is 14.6. The van der Waals surface area contributed by atoms with Crippen molar-refractivity contribution in [2.45, 2.75) is 191 Å². The summed E-state index contributed by atoms with van der Waals surface area (Å²) in [4.78, 5) is 113. The summed E-state index contributed by atoms with van der Waals surface area (Å²) in [6.45, 7) is 18.8. The Bertz CT molecular complexity index is 4120. The zero-order chi connectivity index (χ0) is 76.7. The molecule has 8 fully saturated rings. The van der Waals surface area contributed by atoms with Crippen molar-refractivity contribution in [1.29, 1.82) is 0 Å². The molecule has 4 aromatic rings. The second kappa shape index (κ2) is 34.2. The average molecular weight is 1560 g/mol. The standard InChI is InChI=1S/C40H51N3O7S.C34H46BrN3O7S.C6H7BO2/c1-5-30-22-40(30,38(47)41-24-27-18-19-27)23-35(44)34-25-42(51(48,49)32-17-11-14-29(20-32)28-12-7-6-8-13-28)26-43(34)37(46)33(39(2,3)4)21-36(45)50-31-15-9-10-16-31;1-5-23-17-34(23,32(42)36-19-22-13-14-22)18-29(39)28-20-37(46(43,44)26-12-8-9-24(35)15-26)21-38(28)31(41)27(33(2,3)4)16-30(40)45-25-10-6-7-11-25;8-7(9)6-4-2-1-3-5-6/h5-8,11-14,17,20,27,30-31,33-34H,1,9-10,15-16,18-19,21-26H2,2-4H3,(H,41,47);5,8-9,12,15,22-23,25,27-28H,1,6-7,10-11,13-14,16-21H2,2-4H3,(H,36,42);1-5,8-9H/t30-,33-,34+,40-;23-,27-,28+,34-;/m11./s1. The summed E-state index contributed by atoms with van der Waals surface area (Å²) in [5.41, 5.74) is -1.24. The second-order valence-corrected chi connectivity index (χ2v) is 37.2. The Hall–Kier alpha value is -7.20. The monoisotopic (exact) mass is 1560 g/mol. The van der Waals surface area contributed by atoms with Crippen LogP contribution in [0.4, 0.5) is 0 Å². The molecule has 0 unspecified atom stereocenters. The van der Waals surface area contributed by atoms with Gasteiger partial charge in [0, 0.05) is 43.5 Å². The van der Waals surface area contributed by atoms with Gasteiger partial charge in [0.1, 0.15) is 24.3 Å². The number of ether oxygens (including phenoxy) is 2. The maximum Gasteiger partial charge on any atom is 0.488 e. The van der Waals surface area contributed by atoms with Crippen LogP contribution >= 0.6 is 15.9 Å². The highest BCUT2D eigenvalue weighted by atomic mass is 79.9. The van der Waals surface area contributed by atoms with Crippen LogP contribution in [-0.2, 0) is 67.9 Å². The number of allylic oxidation sites excluding steroid dienone is 2. The fourth-order valence-corrected chi connectivity index (χ4v) is 18.5. The molecule has 22 nitrogen and oxygen atoms in total. The van der Waals surface area contributed by atoms with Gasteiger partial charge in [0.2, 0.25) is 43.7 Å². The molecule has 106 heavy (non-hydrogen) atoms. The van der Waals surface area contributed by atoms with Gasteiger partial charge in [-0.05, 0) is 171 Å². The van der Waals surface area contributed by atoms with Gasteiger partial charge < -0.3 is 40.0 Å². The zero-order valence-corrected chi connectivity index (χ0v) is 65.1. The molecule has 4 aromatic carbocycles. The zero-order valence-electron chi connectivity index (χ0n) is 61.9. The van der Waals surface area contributed by atoms with E-state index in [9.17, 15) is 55.2 Å². The SMILES string of the molecule is C=C[C@@H]1C[C@]1(CC(=O)[C@@H]1CN(S(=O)(=O)c2cccc(-c3ccccc3)c2)CN1C(=O)[C@@H](CC(=O)OC1CCCC1)C(C)(C)C)C(=O)NCC1CC1.C=C[C@@H]1C[C@]1(CC(=O)[C@@H]1CN(S(=O)(=O)c2cccc(Br)c2)CN1C(=O)[C@@H](CC(=O)OC1CCCC1)C(C)(C)C)C(=O)NCC1CC1.OB(O)c1ccccc1. The van der Waals surface area contributed by atoms with Gasteiger partial charge in [0.25, 0.3) is 0 Å². The van der Waals surface area contributed by atoms with Crippen molar-refractivity contribution < 1.29 is 74.7 Å². The molecule has 26 heteroatoms. The average Bonchev–Trinajstić information content (AvgIpc) is 1.58. The van der Waals surface area contributed by atoms with Crippen molar-refractivity contribution >= 4 is 95.7 Å². The van der Waals surface area contributed by atoms with E-state index < -0.39 is 96.5 Å². The Morgan fingerprint density at radius 3 is 1.30 bits per heavy atom. The minimum atomic E-state index is -4.17. The number of rotatable bonds is 28. The first-order valence-electron chi connectivity index (χ1n) is 37.4. The van der Waals surface area contributed by atoms with E-state index in [0.29, 0.717) is 53.3 Å². The van der Waals surface area contributed by atoms with Crippen LogP contribution in [0.25, 0.3) is 11.1 Å². The van der Waals surface area contributed by atoms with Crippen LogP contribution in [0, 0.1) is 57.2 Å². The molecular weight excluding hydrogens is 1460 g/mol. The molecule has 6 saturated carbocycles. The first kappa shape index (κ1) is 81.3. The van der Waals surface area contributed by atoms with Crippen molar-refractivity contribution in [1.82, 2.24) is 29.0 Å². The molecular formula is C80H104BBrN6O16S2. The first-order chi connectivity index (χ1) is 50.2. The van der Waals surface area contributed by atoms with Gasteiger partial charge in [-0.3, -0.25) is 38.4 Å². The third kappa shape index (κ3) is 20.0. The van der Waals surface area contributed by atoms with Crippen LogP contribution in [0.5, 0.6) is 0 Å².